The molecular formula is C17H22F3NO3. The summed E-state index contributed by atoms with van der Waals surface area (Å²) in [5.41, 5.74) is -0.0161. The van der Waals surface area contributed by atoms with Crippen molar-refractivity contribution in [3.63, 3.8) is 0 Å². The van der Waals surface area contributed by atoms with Gasteiger partial charge in [0.1, 0.15) is 11.5 Å². The van der Waals surface area contributed by atoms with E-state index in [2.05, 4.69) is 10.1 Å². The van der Waals surface area contributed by atoms with Crippen molar-refractivity contribution >= 4 is 11.7 Å². The van der Waals surface area contributed by atoms with Gasteiger partial charge in [0.25, 0.3) is 0 Å². The molecule has 0 aliphatic heterocycles. The fourth-order valence-corrected chi connectivity index (χ4v) is 1.83. The van der Waals surface area contributed by atoms with Gasteiger partial charge in [-0.3, -0.25) is 9.59 Å². The van der Waals surface area contributed by atoms with Gasteiger partial charge in [-0.15, -0.1) is 0 Å². The molecule has 0 aromatic heterocycles. The van der Waals surface area contributed by atoms with E-state index in [0.29, 0.717) is 5.56 Å². The SMILES string of the molecule is CC(NC(=O)CC(=O)C(C)(C)C)c1cccc(OCC(F)(F)F)c1. The van der Waals surface area contributed by atoms with Crippen LogP contribution in [0, 0.1) is 5.41 Å². The molecule has 0 radical (unpaired) electrons. The summed E-state index contributed by atoms with van der Waals surface area (Å²) in [5.74, 6) is -0.546. The Labute approximate surface area is 139 Å². The molecule has 0 saturated heterocycles. The molecule has 24 heavy (non-hydrogen) atoms. The van der Waals surface area contributed by atoms with E-state index in [1.807, 2.05) is 0 Å². The van der Waals surface area contributed by atoms with Gasteiger partial charge in [-0.25, -0.2) is 0 Å². The van der Waals surface area contributed by atoms with Gasteiger partial charge >= 0.3 is 6.18 Å². The molecule has 134 valence electrons. The highest BCUT2D eigenvalue weighted by Gasteiger charge is 2.28. The maximum Gasteiger partial charge on any atom is 0.422 e. The first-order valence-corrected chi connectivity index (χ1v) is 7.50. The number of ketones is 1. The predicted octanol–water partition coefficient (Wildman–Crippen LogP) is 3.81. The summed E-state index contributed by atoms with van der Waals surface area (Å²) in [5, 5.41) is 2.66. The summed E-state index contributed by atoms with van der Waals surface area (Å²) < 4.78 is 41.2. The Morgan fingerprint density at radius 1 is 1.21 bits per heavy atom. The molecule has 1 atom stereocenters. The Morgan fingerprint density at radius 2 is 1.83 bits per heavy atom. The predicted molar refractivity (Wildman–Crippen MR) is 83.6 cm³/mol. The molecule has 0 aliphatic carbocycles. The lowest BCUT2D eigenvalue weighted by Crippen LogP contribution is -2.32. The van der Waals surface area contributed by atoms with E-state index in [4.69, 9.17) is 0 Å². The van der Waals surface area contributed by atoms with E-state index in [1.165, 1.54) is 12.1 Å². The van der Waals surface area contributed by atoms with E-state index < -0.39 is 30.1 Å². The summed E-state index contributed by atoms with van der Waals surface area (Å²) in [6.07, 6.45) is -4.65. The van der Waals surface area contributed by atoms with Gasteiger partial charge in [-0.1, -0.05) is 32.9 Å². The number of ether oxygens (including phenoxy) is 1. The summed E-state index contributed by atoms with van der Waals surface area (Å²) in [6, 6.07) is 5.59. The van der Waals surface area contributed by atoms with Gasteiger partial charge in [0.2, 0.25) is 5.91 Å². The number of hydrogen-bond donors (Lipinski definition) is 1. The molecule has 1 amide bonds. The molecule has 0 bridgehead atoms. The summed E-state index contributed by atoms with van der Waals surface area (Å²) in [4.78, 5) is 23.8. The number of Topliss-reactive ketones (excluding diaryl/α,β-unsaturated/α-hetero) is 1. The highest BCUT2D eigenvalue weighted by Crippen LogP contribution is 2.22. The quantitative estimate of drug-likeness (QED) is 0.798. The van der Waals surface area contributed by atoms with Crippen LogP contribution in [0.2, 0.25) is 0 Å². The van der Waals surface area contributed by atoms with E-state index in [0.717, 1.165) is 0 Å². The Kier molecular flexibility index (Phi) is 6.40. The van der Waals surface area contributed by atoms with Crippen molar-refractivity contribution in [2.75, 3.05) is 6.61 Å². The zero-order valence-electron chi connectivity index (χ0n) is 14.2. The molecule has 0 spiro atoms. The van der Waals surface area contributed by atoms with Gasteiger partial charge in [-0.05, 0) is 24.6 Å². The number of alkyl halides is 3. The zero-order valence-corrected chi connectivity index (χ0v) is 14.2. The van der Waals surface area contributed by atoms with Crippen molar-refractivity contribution in [3.05, 3.63) is 29.8 Å². The highest BCUT2D eigenvalue weighted by molar-refractivity contribution is 6.00. The Balaban J connectivity index is 2.66. The lowest BCUT2D eigenvalue weighted by atomic mass is 9.89. The third kappa shape index (κ3) is 7.02. The van der Waals surface area contributed by atoms with Crippen LogP contribution in [-0.2, 0) is 9.59 Å². The topological polar surface area (TPSA) is 55.4 Å². The number of carbonyl (C=O) groups excluding carboxylic acids is 2. The molecule has 0 aliphatic rings. The monoisotopic (exact) mass is 345 g/mol. The minimum Gasteiger partial charge on any atom is -0.484 e. The number of halogens is 3. The molecule has 1 aromatic rings. The van der Waals surface area contributed by atoms with E-state index >= 15 is 0 Å². The highest BCUT2D eigenvalue weighted by atomic mass is 19.4. The van der Waals surface area contributed by atoms with Crippen molar-refractivity contribution in [2.24, 2.45) is 5.41 Å². The van der Waals surface area contributed by atoms with Gasteiger partial charge < -0.3 is 10.1 Å². The lowest BCUT2D eigenvalue weighted by molar-refractivity contribution is -0.153. The molecule has 1 N–H and O–H groups in total. The normalized spacial score (nSPS) is 13.3. The number of carbonyl (C=O) groups is 2. The molecule has 4 nitrogen and oxygen atoms in total. The number of nitrogens with one attached hydrogen (secondary N) is 1. The van der Waals surface area contributed by atoms with Crippen LogP contribution < -0.4 is 10.1 Å². The second-order valence-corrected chi connectivity index (χ2v) is 6.62. The minimum atomic E-state index is -4.41. The first kappa shape index (κ1) is 20.0. The smallest absolute Gasteiger partial charge is 0.422 e. The summed E-state index contributed by atoms with van der Waals surface area (Å²) >= 11 is 0. The first-order chi connectivity index (χ1) is 10.9. The maximum absolute atomic E-state index is 12.2. The summed E-state index contributed by atoms with van der Waals surface area (Å²) in [7, 11) is 0. The van der Waals surface area contributed by atoms with Gasteiger partial charge in [0, 0.05) is 5.41 Å². The largest absolute Gasteiger partial charge is 0.484 e. The van der Waals surface area contributed by atoms with E-state index in [9.17, 15) is 22.8 Å². The molecule has 0 fully saturated rings. The van der Waals surface area contributed by atoms with Crippen LogP contribution in [0.15, 0.2) is 24.3 Å². The Morgan fingerprint density at radius 3 is 2.38 bits per heavy atom. The van der Waals surface area contributed by atoms with E-state index in [-0.39, 0.29) is 18.0 Å². The van der Waals surface area contributed by atoms with Crippen molar-refractivity contribution in [2.45, 2.75) is 46.3 Å². The fourth-order valence-electron chi connectivity index (χ4n) is 1.83. The van der Waals surface area contributed by atoms with Gasteiger partial charge in [0.05, 0.1) is 12.5 Å². The number of hydrogen-bond acceptors (Lipinski definition) is 3. The molecule has 0 saturated carbocycles. The van der Waals surface area contributed by atoms with Crippen LogP contribution >= 0.6 is 0 Å². The zero-order chi connectivity index (χ0) is 18.5. The third-order valence-corrected chi connectivity index (χ3v) is 3.30. The van der Waals surface area contributed by atoms with Crippen LogP contribution in [0.3, 0.4) is 0 Å². The second-order valence-electron chi connectivity index (χ2n) is 6.62. The fraction of sp³-hybridized carbons (Fsp3) is 0.529. The number of amides is 1. The number of benzene rings is 1. The van der Waals surface area contributed by atoms with Gasteiger partial charge in [-0.2, -0.15) is 13.2 Å². The summed E-state index contributed by atoms with van der Waals surface area (Å²) in [6.45, 7) is 5.49. The second kappa shape index (κ2) is 7.68. The van der Waals surface area contributed by atoms with Crippen LogP contribution in [0.1, 0.15) is 45.7 Å². The van der Waals surface area contributed by atoms with Crippen molar-refractivity contribution in [1.29, 1.82) is 0 Å². The molecular weight excluding hydrogens is 323 g/mol. The van der Waals surface area contributed by atoms with Gasteiger partial charge in [0.15, 0.2) is 6.61 Å². The van der Waals surface area contributed by atoms with Crippen molar-refractivity contribution in [3.8, 4) is 5.75 Å². The molecule has 7 heteroatoms. The van der Waals surface area contributed by atoms with Crippen LogP contribution in [0.25, 0.3) is 0 Å². The Hall–Kier alpha value is -2.05. The van der Waals surface area contributed by atoms with E-state index in [1.54, 1.807) is 39.8 Å². The lowest BCUT2D eigenvalue weighted by Gasteiger charge is -2.19. The van der Waals surface area contributed by atoms with Crippen LogP contribution in [0.4, 0.5) is 13.2 Å². The molecule has 1 aromatic carbocycles. The third-order valence-electron chi connectivity index (χ3n) is 3.30. The Bertz CT molecular complexity index is 591. The average Bonchev–Trinajstić information content (AvgIpc) is 2.43. The first-order valence-electron chi connectivity index (χ1n) is 7.50. The van der Waals surface area contributed by atoms with Crippen LogP contribution in [0.5, 0.6) is 5.75 Å². The van der Waals surface area contributed by atoms with Crippen molar-refractivity contribution in [1.82, 2.24) is 5.32 Å². The van der Waals surface area contributed by atoms with Crippen LogP contribution in [-0.4, -0.2) is 24.5 Å². The average molecular weight is 345 g/mol. The molecule has 0 heterocycles. The maximum atomic E-state index is 12.2. The minimum absolute atomic E-state index is 0.0664. The molecule has 1 rings (SSSR count). The van der Waals surface area contributed by atoms with Crippen molar-refractivity contribution < 1.29 is 27.5 Å². The molecule has 1 unspecified atom stereocenters. The number of rotatable bonds is 6. The standard InChI is InChI=1S/C17H22F3NO3/c1-11(21-15(23)9-14(22)16(2,3)4)12-6-5-7-13(8-12)24-10-17(18,19)20/h5-8,11H,9-10H2,1-4H3,(H,21,23).